The Bertz CT molecular complexity index is 1570. The second kappa shape index (κ2) is 10.9. The second-order valence-corrected chi connectivity index (χ2v) is 8.26. The predicted octanol–water partition coefficient (Wildman–Crippen LogP) is 4.66. The molecule has 0 saturated carbocycles. The number of hydrogen-bond donors (Lipinski definition) is 3. The molecule has 0 aliphatic rings. The molecule has 0 unspecified atom stereocenters. The fourth-order valence-corrected chi connectivity index (χ4v) is 4.18. The number of para-hydroxylation sites is 1. The van der Waals surface area contributed by atoms with Crippen LogP contribution >= 0.6 is 0 Å². The minimum absolute atomic E-state index is 0.219. The summed E-state index contributed by atoms with van der Waals surface area (Å²) in [5, 5.41) is 8.34. The Morgan fingerprint density at radius 1 is 1.08 bits per heavy atom. The maximum absolute atomic E-state index is 13.1. The SMILES string of the molecule is CC(=O)O.COc1ccc2c(c1)c(-c1nc3c(-c4ccccc4)cccc3[nH]c1=O)cn2CCCN. The van der Waals surface area contributed by atoms with Gasteiger partial charge in [-0.3, -0.25) is 9.59 Å². The molecule has 5 aromatic rings. The van der Waals surface area contributed by atoms with Crippen molar-refractivity contribution in [2.45, 2.75) is 19.9 Å². The number of benzene rings is 3. The normalized spacial score (nSPS) is 10.8. The molecule has 36 heavy (non-hydrogen) atoms. The molecule has 5 rings (SSSR count). The van der Waals surface area contributed by atoms with Crippen molar-refractivity contribution in [3.8, 4) is 28.1 Å². The molecule has 184 valence electrons. The minimum Gasteiger partial charge on any atom is -0.497 e. The highest BCUT2D eigenvalue weighted by atomic mass is 16.5. The summed E-state index contributed by atoms with van der Waals surface area (Å²) in [5.74, 6) is -0.0995. The Kier molecular flexibility index (Phi) is 7.46. The molecule has 2 heterocycles. The van der Waals surface area contributed by atoms with Crippen LogP contribution in [-0.2, 0) is 11.3 Å². The van der Waals surface area contributed by atoms with Gasteiger partial charge in [0.05, 0.1) is 18.1 Å². The van der Waals surface area contributed by atoms with Crippen molar-refractivity contribution in [1.82, 2.24) is 14.5 Å². The first-order valence-electron chi connectivity index (χ1n) is 11.6. The Labute approximate surface area is 208 Å². The van der Waals surface area contributed by atoms with Gasteiger partial charge in [-0.1, -0.05) is 42.5 Å². The molecule has 2 aromatic heterocycles. The molecule has 0 aliphatic heterocycles. The number of ether oxygens (including phenoxy) is 1. The number of aromatic amines is 1. The summed E-state index contributed by atoms with van der Waals surface area (Å²) in [6, 6.07) is 21.8. The summed E-state index contributed by atoms with van der Waals surface area (Å²) in [7, 11) is 1.64. The third-order valence-electron chi connectivity index (χ3n) is 5.75. The Balaban J connectivity index is 0.000000709. The lowest BCUT2D eigenvalue weighted by atomic mass is 10.0. The number of rotatable bonds is 6. The lowest BCUT2D eigenvalue weighted by molar-refractivity contribution is -0.134. The van der Waals surface area contributed by atoms with E-state index in [9.17, 15) is 4.79 Å². The van der Waals surface area contributed by atoms with Gasteiger partial charge < -0.3 is 25.1 Å². The first kappa shape index (κ1) is 24.7. The number of nitrogens with zero attached hydrogens (tertiary/aromatic N) is 2. The van der Waals surface area contributed by atoms with Gasteiger partial charge in [0.15, 0.2) is 0 Å². The zero-order valence-corrected chi connectivity index (χ0v) is 20.2. The largest absolute Gasteiger partial charge is 0.497 e. The maximum Gasteiger partial charge on any atom is 0.300 e. The monoisotopic (exact) mass is 484 g/mol. The van der Waals surface area contributed by atoms with Crippen LogP contribution in [0.5, 0.6) is 5.75 Å². The number of methoxy groups -OCH3 is 1. The highest BCUT2D eigenvalue weighted by Crippen LogP contribution is 2.33. The highest BCUT2D eigenvalue weighted by Gasteiger charge is 2.17. The number of aliphatic carboxylic acids is 1. The van der Waals surface area contributed by atoms with Crippen molar-refractivity contribution < 1.29 is 14.6 Å². The van der Waals surface area contributed by atoms with Crippen LogP contribution in [0.2, 0.25) is 0 Å². The van der Waals surface area contributed by atoms with E-state index in [2.05, 4.69) is 9.55 Å². The fourth-order valence-electron chi connectivity index (χ4n) is 4.18. The quantitative estimate of drug-likeness (QED) is 0.322. The number of H-pyrrole nitrogens is 1. The van der Waals surface area contributed by atoms with E-state index < -0.39 is 5.97 Å². The first-order chi connectivity index (χ1) is 17.4. The maximum atomic E-state index is 13.1. The van der Waals surface area contributed by atoms with Gasteiger partial charge in [-0.05, 0) is 42.8 Å². The number of fused-ring (bicyclic) bond motifs is 2. The molecule has 3 aromatic carbocycles. The number of hydrogen-bond acceptors (Lipinski definition) is 5. The molecule has 0 bridgehead atoms. The smallest absolute Gasteiger partial charge is 0.300 e. The van der Waals surface area contributed by atoms with Gasteiger partial charge in [-0.15, -0.1) is 0 Å². The van der Waals surface area contributed by atoms with Gasteiger partial charge in [0, 0.05) is 41.7 Å². The van der Waals surface area contributed by atoms with Crippen molar-refractivity contribution in [2.24, 2.45) is 5.73 Å². The van der Waals surface area contributed by atoms with E-state index in [1.165, 1.54) is 0 Å². The molecule has 0 fully saturated rings. The van der Waals surface area contributed by atoms with Crippen LogP contribution in [0.4, 0.5) is 0 Å². The van der Waals surface area contributed by atoms with Crippen molar-refractivity contribution in [3.63, 3.8) is 0 Å². The van der Waals surface area contributed by atoms with Gasteiger partial charge in [0.1, 0.15) is 11.4 Å². The van der Waals surface area contributed by atoms with Crippen molar-refractivity contribution in [2.75, 3.05) is 13.7 Å². The van der Waals surface area contributed by atoms with E-state index in [1.54, 1.807) is 7.11 Å². The zero-order chi connectivity index (χ0) is 25.7. The Morgan fingerprint density at radius 2 is 1.83 bits per heavy atom. The Hall–Kier alpha value is -4.43. The second-order valence-electron chi connectivity index (χ2n) is 8.26. The summed E-state index contributed by atoms with van der Waals surface area (Å²) >= 11 is 0. The van der Waals surface area contributed by atoms with E-state index in [-0.39, 0.29) is 5.56 Å². The fraction of sp³-hybridized carbons (Fsp3) is 0.179. The topological polar surface area (TPSA) is 123 Å². The van der Waals surface area contributed by atoms with Crippen LogP contribution in [0.1, 0.15) is 13.3 Å². The van der Waals surface area contributed by atoms with E-state index in [0.29, 0.717) is 17.8 Å². The van der Waals surface area contributed by atoms with Crippen LogP contribution < -0.4 is 16.0 Å². The summed E-state index contributed by atoms with van der Waals surface area (Å²) in [6.07, 6.45) is 2.84. The minimum atomic E-state index is -0.833. The summed E-state index contributed by atoms with van der Waals surface area (Å²) < 4.78 is 7.58. The first-order valence-corrected chi connectivity index (χ1v) is 11.6. The number of aromatic nitrogens is 3. The summed E-state index contributed by atoms with van der Waals surface area (Å²) in [5.41, 5.74) is 11.2. The van der Waals surface area contributed by atoms with Gasteiger partial charge in [0.2, 0.25) is 0 Å². The van der Waals surface area contributed by atoms with Crippen molar-refractivity contribution >= 4 is 27.9 Å². The number of carboxylic acid groups (broad SMARTS) is 1. The highest BCUT2D eigenvalue weighted by molar-refractivity contribution is 5.98. The lowest BCUT2D eigenvalue weighted by Gasteiger charge is -2.08. The average Bonchev–Trinajstić information content (AvgIpc) is 3.24. The number of nitrogens with two attached hydrogens (primary N) is 1. The molecule has 0 atom stereocenters. The molecule has 0 amide bonds. The number of aryl methyl sites for hydroxylation is 1. The van der Waals surface area contributed by atoms with E-state index in [4.69, 9.17) is 25.4 Å². The predicted molar refractivity (Wildman–Crippen MR) is 142 cm³/mol. The van der Waals surface area contributed by atoms with Crippen LogP contribution in [0, 0.1) is 0 Å². The van der Waals surface area contributed by atoms with Crippen LogP contribution in [0.15, 0.2) is 77.7 Å². The van der Waals surface area contributed by atoms with Gasteiger partial charge in [-0.25, -0.2) is 4.98 Å². The van der Waals surface area contributed by atoms with Crippen LogP contribution in [0.3, 0.4) is 0 Å². The molecule has 4 N–H and O–H groups in total. The van der Waals surface area contributed by atoms with Crippen LogP contribution in [0.25, 0.3) is 44.3 Å². The third kappa shape index (κ3) is 5.13. The molecule has 8 heteroatoms. The summed E-state index contributed by atoms with van der Waals surface area (Å²) in [4.78, 5) is 30.1. The van der Waals surface area contributed by atoms with Crippen molar-refractivity contribution in [1.29, 1.82) is 0 Å². The number of carboxylic acids is 1. The number of nitrogens with one attached hydrogen (secondary N) is 1. The van der Waals surface area contributed by atoms with E-state index in [1.807, 2.05) is 72.9 Å². The molecule has 0 aliphatic carbocycles. The zero-order valence-electron chi connectivity index (χ0n) is 20.2. The van der Waals surface area contributed by atoms with Gasteiger partial charge in [0.25, 0.3) is 11.5 Å². The van der Waals surface area contributed by atoms with Crippen molar-refractivity contribution in [3.05, 3.63) is 83.3 Å². The lowest BCUT2D eigenvalue weighted by Crippen LogP contribution is -2.11. The number of carbonyl (C=O) groups is 1. The summed E-state index contributed by atoms with van der Waals surface area (Å²) in [6.45, 7) is 2.44. The molecule has 0 spiro atoms. The molecule has 8 nitrogen and oxygen atoms in total. The standard InChI is InChI=1S/C26H24N4O2.C2H4O2/c1-32-18-11-12-23-20(15-18)21(16-30(23)14-6-13-27)25-26(31)28-22-10-5-9-19(24(22)29-25)17-7-3-2-4-8-17;1-2(3)4/h2-5,7-12,15-16H,6,13-14,27H2,1H3,(H,28,31);1H3,(H,3,4). The van der Waals surface area contributed by atoms with Gasteiger partial charge in [-0.2, -0.15) is 0 Å². The van der Waals surface area contributed by atoms with E-state index >= 15 is 0 Å². The molecular weight excluding hydrogens is 456 g/mol. The van der Waals surface area contributed by atoms with Gasteiger partial charge >= 0.3 is 0 Å². The Morgan fingerprint density at radius 3 is 2.53 bits per heavy atom. The molecule has 0 saturated heterocycles. The van der Waals surface area contributed by atoms with Crippen LogP contribution in [-0.4, -0.2) is 39.3 Å². The average molecular weight is 485 g/mol. The molecule has 0 radical (unpaired) electrons. The third-order valence-corrected chi connectivity index (χ3v) is 5.75. The molecular formula is C28H28N4O4. The van der Waals surface area contributed by atoms with E-state index in [0.717, 1.165) is 58.7 Å².